The smallest absolute Gasteiger partial charge is 0.0670 e. The van der Waals surface area contributed by atoms with Crippen molar-refractivity contribution in [2.75, 3.05) is 0 Å². The van der Waals surface area contributed by atoms with Crippen molar-refractivity contribution in [1.82, 2.24) is 4.98 Å². The molecule has 2 nitrogen and oxygen atoms in total. The van der Waals surface area contributed by atoms with Crippen molar-refractivity contribution in [3.63, 3.8) is 0 Å². The zero-order valence-electron chi connectivity index (χ0n) is 7.58. The first kappa shape index (κ1) is 8.25. The number of pyridine rings is 1. The summed E-state index contributed by atoms with van der Waals surface area (Å²) >= 11 is 0. The fraction of sp³-hybridized carbons (Fsp3) is 0.455. The van der Waals surface area contributed by atoms with Crippen molar-refractivity contribution < 1.29 is 0 Å². The molecule has 1 aromatic heterocycles. The molecule has 1 aliphatic carbocycles. The van der Waals surface area contributed by atoms with Crippen LogP contribution in [0.4, 0.5) is 0 Å². The third-order valence-electron chi connectivity index (χ3n) is 2.63. The second-order valence-electron chi connectivity index (χ2n) is 3.48. The number of nitrogens with zero attached hydrogens (tertiary/aromatic N) is 2. The second-order valence-corrected chi connectivity index (χ2v) is 3.48. The summed E-state index contributed by atoms with van der Waals surface area (Å²) in [6.45, 7) is 0. The van der Waals surface area contributed by atoms with E-state index in [1.54, 1.807) is 0 Å². The van der Waals surface area contributed by atoms with Gasteiger partial charge < -0.3 is 0 Å². The van der Waals surface area contributed by atoms with Gasteiger partial charge in [-0.1, -0.05) is 0 Å². The van der Waals surface area contributed by atoms with E-state index in [4.69, 9.17) is 5.26 Å². The molecule has 0 bridgehead atoms. The van der Waals surface area contributed by atoms with E-state index in [9.17, 15) is 0 Å². The Morgan fingerprint density at radius 1 is 1.31 bits per heavy atom. The molecule has 0 radical (unpaired) electrons. The molecular weight excluding hydrogens is 160 g/mol. The van der Waals surface area contributed by atoms with E-state index in [0.29, 0.717) is 6.42 Å². The molecule has 1 heterocycles. The van der Waals surface area contributed by atoms with Crippen LogP contribution < -0.4 is 0 Å². The van der Waals surface area contributed by atoms with Gasteiger partial charge in [-0.3, -0.25) is 4.98 Å². The molecule has 0 atom stereocenters. The lowest BCUT2D eigenvalue weighted by Gasteiger charge is -2.17. The van der Waals surface area contributed by atoms with Crippen LogP contribution in [-0.4, -0.2) is 4.98 Å². The highest BCUT2D eigenvalue weighted by Crippen LogP contribution is 2.23. The Bertz CT molecular complexity index is 350. The Balaban J connectivity index is 2.41. The molecule has 0 saturated heterocycles. The first-order valence-electron chi connectivity index (χ1n) is 4.73. The third-order valence-corrected chi connectivity index (χ3v) is 2.63. The average molecular weight is 172 g/mol. The molecule has 2 heteroatoms. The first-order chi connectivity index (χ1) is 6.42. The fourth-order valence-electron chi connectivity index (χ4n) is 1.97. The van der Waals surface area contributed by atoms with E-state index in [0.717, 1.165) is 18.4 Å². The van der Waals surface area contributed by atoms with Crippen molar-refractivity contribution in [2.24, 2.45) is 0 Å². The molecule has 0 N–H and O–H groups in total. The standard InChI is InChI=1S/C11H12N2/c12-6-5-10-8-13-7-9-3-1-2-4-11(9)10/h7-8H,1-5H2. The zero-order valence-corrected chi connectivity index (χ0v) is 7.58. The van der Waals surface area contributed by atoms with Gasteiger partial charge in [0.1, 0.15) is 0 Å². The molecule has 66 valence electrons. The first-order valence-corrected chi connectivity index (χ1v) is 4.73. The lowest BCUT2D eigenvalue weighted by molar-refractivity contribution is 0.676. The van der Waals surface area contributed by atoms with Gasteiger partial charge in [0.15, 0.2) is 0 Å². The Morgan fingerprint density at radius 3 is 3.00 bits per heavy atom. The maximum Gasteiger partial charge on any atom is 0.0670 e. The lowest BCUT2D eigenvalue weighted by atomic mass is 9.89. The van der Waals surface area contributed by atoms with Gasteiger partial charge in [-0.15, -0.1) is 0 Å². The number of fused-ring (bicyclic) bond motifs is 1. The molecule has 0 aliphatic heterocycles. The van der Waals surface area contributed by atoms with Crippen molar-refractivity contribution in [1.29, 1.82) is 5.26 Å². The minimum Gasteiger partial charge on any atom is -0.264 e. The highest BCUT2D eigenvalue weighted by molar-refractivity contribution is 5.35. The predicted octanol–water partition coefficient (Wildman–Crippen LogP) is 2.03. The number of aryl methyl sites for hydroxylation is 1. The largest absolute Gasteiger partial charge is 0.264 e. The molecule has 13 heavy (non-hydrogen) atoms. The van der Waals surface area contributed by atoms with E-state index in [1.807, 2.05) is 12.4 Å². The summed E-state index contributed by atoms with van der Waals surface area (Å²) in [5.74, 6) is 0. The molecule has 0 amide bonds. The minimum absolute atomic E-state index is 0.510. The minimum atomic E-state index is 0.510. The van der Waals surface area contributed by atoms with E-state index in [-0.39, 0.29) is 0 Å². The molecule has 0 aromatic carbocycles. The monoisotopic (exact) mass is 172 g/mol. The van der Waals surface area contributed by atoms with Crippen LogP contribution in [0.3, 0.4) is 0 Å². The van der Waals surface area contributed by atoms with Crippen molar-refractivity contribution >= 4 is 0 Å². The van der Waals surface area contributed by atoms with Gasteiger partial charge in [0, 0.05) is 12.4 Å². The van der Waals surface area contributed by atoms with Gasteiger partial charge in [0.2, 0.25) is 0 Å². The van der Waals surface area contributed by atoms with E-state index in [2.05, 4.69) is 11.1 Å². The number of aromatic nitrogens is 1. The fourth-order valence-corrected chi connectivity index (χ4v) is 1.97. The summed E-state index contributed by atoms with van der Waals surface area (Å²) in [6, 6.07) is 2.19. The van der Waals surface area contributed by atoms with Crippen molar-refractivity contribution in [2.45, 2.75) is 32.1 Å². The number of hydrogen-bond acceptors (Lipinski definition) is 2. The van der Waals surface area contributed by atoms with Crippen LogP contribution in [0.2, 0.25) is 0 Å². The summed E-state index contributed by atoms with van der Waals surface area (Å²) in [6.07, 6.45) is 9.11. The molecular formula is C11H12N2. The van der Waals surface area contributed by atoms with Crippen molar-refractivity contribution in [3.8, 4) is 6.07 Å². The summed E-state index contributed by atoms with van der Waals surface area (Å²) in [4.78, 5) is 4.17. The molecule has 2 rings (SSSR count). The van der Waals surface area contributed by atoms with Gasteiger partial charge in [-0.25, -0.2) is 0 Å². The summed E-state index contributed by atoms with van der Waals surface area (Å²) in [5, 5.41) is 8.64. The van der Waals surface area contributed by atoms with Crippen LogP contribution in [0.15, 0.2) is 12.4 Å². The predicted molar refractivity (Wildman–Crippen MR) is 50.2 cm³/mol. The van der Waals surface area contributed by atoms with E-state index in [1.165, 1.54) is 24.0 Å². The molecule has 0 saturated carbocycles. The van der Waals surface area contributed by atoms with E-state index < -0.39 is 0 Å². The maximum atomic E-state index is 8.64. The van der Waals surface area contributed by atoms with Gasteiger partial charge in [0.05, 0.1) is 12.5 Å². The van der Waals surface area contributed by atoms with Gasteiger partial charge in [-0.2, -0.15) is 5.26 Å². The molecule has 1 aromatic rings. The summed E-state index contributed by atoms with van der Waals surface area (Å²) in [5.41, 5.74) is 3.89. The SMILES string of the molecule is N#CCc1cncc2c1CCCC2. The lowest BCUT2D eigenvalue weighted by Crippen LogP contribution is -2.06. The average Bonchev–Trinajstić information content (AvgIpc) is 2.19. The normalized spacial score (nSPS) is 14.7. The highest BCUT2D eigenvalue weighted by Gasteiger charge is 2.12. The Labute approximate surface area is 78.2 Å². The van der Waals surface area contributed by atoms with E-state index >= 15 is 0 Å². The molecule has 0 unspecified atom stereocenters. The summed E-state index contributed by atoms with van der Waals surface area (Å²) in [7, 11) is 0. The van der Waals surface area contributed by atoms with Crippen molar-refractivity contribution in [3.05, 3.63) is 29.1 Å². The topological polar surface area (TPSA) is 36.7 Å². The van der Waals surface area contributed by atoms with Crippen LogP contribution in [0.1, 0.15) is 29.5 Å². The number of hydrogen-bond donors (Lipinski definition) is 0. The quantitative estimate of drug-likeness (QED) is 0.649. The Hall–Kier alpha value is -1.36. The van der Waals surface area contributed by atoms with Gasteiger partial charge >= 0.3 is 0 Å². The summed E-state index contributed by atoms with van der Waals surface area (Å²) < 4.78 is 0. The highest BCUT2D eigenvalue weighted by atomic mass is 14.6. The van der Waals surface area contributed by atoms with Crippen LogP contribution in [0, 0.1) is 11.3 Å². The maximum absolute atomic E-state index is 8.64. The third kappa shape index (κ3) is 1.55. The van der Waals surface area contributed by atoms with Crippen LogP contribution in [0.25, 0.3) is 0 Å². The zero-order chi connectivity index (χ0) is 9.10. The van der Waals surface area contributed by atoms with Crippen LogP contribution in [0.5, 0.6) is 0 Å². The van der Waals surface area contributed by atoms with Crippen LogP contribution >= 0.6 is 0 Å². The van der Waals surface area contributed by atoms with Gasteiger partial charge in [-0.05, 0) is 42.4 Å². The molecule has 0 spiro atoms. The van der Waals surface area contributed by atoms with Crippen LogP contribution in [-0.2, 0) is 19.3 Å². The molecule has 0 fully saturated rings. The number of rotatable bonds is 1. The Morgan fingerprint density at radius 2 is 2.15 bits per heavy atom. The molecule has 1 aliphatic rings. The number of nitriles is 1. The van der Waals surface area contributed by atoms with Gasteiger partial charge in [0.25, 0.3) is 0 Å². The Kier molecular flexibility index (Phi) is 2.27. The second kappa shape index (κ2) is 3.57.